The minimum absolute atomic E-state index is 0.0503. The third kappa shape index (κ3) is 8.89. The van der Waals surface area contributed by atoms with Crippen molar-refractivity contribution >= 4 is 23.5 Å². The Morgan fingerprint density at radius 2 is 1.43 bits per heavy atom. The number of anilines is 1. The van der Waals surface area contributed by atoms with Gasteiger partial charge in [-0.3, -0.25) is 10.1 Å². The van der Waals surface area contributed by atoms with Crippen LogP contribution in [0.5, 0.6) is 0 Å². The summed E-state index contributed by atoms with van der Waals surface area (Å²) in [6.07, 6.45) is -4.50. The Kier molecular flexibility index (Phi) is 9.47. The summed E-state index contributed by atoms with van der Waals surface area (Å²) in [5.74, 6) is -4.52. The molecule has 3 aromatic rings. The first-order valence-corrected chi connectivity index (χ1v) is 9.94. The zero-order valence-electron chi connectivity index (χ0n) is 17.9. The summed E-state index contributed by atoms with van der Waals surface area (Å²) in [4.78, 5) is 31.0. The molecule has 11 heteroatoms. The van der Waals surface area contributed by atoms with Crippen molar-refractivity contribution in [3.8, 4) is 0 Å². The number of carboxylic acids is 2. The molecule has 0 heterocycles. The van der Waals surface area contributed by atoms with E-state index >= 15 is 0 Å². The van der Waals surface area contributed by atoms with Crippen LogP contribution in [0.4, 0.5) is 23.2 Å². The van der Waals surface area contributed by atoms with E-state index in [-0.39, 0.29) is 18.0 Å². The van der Waals surface area contributed by atoms with Gasteiger partial charge in [0.25, 0.3) is 0 Å². The van der Waals surface area contributed by atoms with Gasteiger partial charge in [0.2, 0.25) is 5.91 Å². The van der Waals surface area contributed by atoms with Gasteiger partial charge in [-0.25, -0.2) is 14.0 Å². The van der Waals surface area contributed by atoms with Crippen molar-refractivity contribution in [2.24, 2.45) is 0 Å². The highest BCUT2D eigenvalue weighted by Crippen LogP contribution is 2.31. The second kappa shape index (κ2) is 12.3. The normalized spacial score (nSPS) is 11.5. The van der Waals surface area contributed by atoms with Gasteiger partial charge in [0.1, 0.15) is 11.9 Å². The molecule has 0 bridgehead atoms. The molecule has 4 N–H and O–H groups in total. The smallest absolute Gasteiger partial charge is 0.416 e. The molecule has 3 aromatic carbocycles. The van der Waals surface area contributed by atoms with Crippen molar-refractivity contribution in [1.29, 1.82) is 0 Å². The molecule has 0 aliphatic heterocycles. The summed E-state index contributed by atoms with van der Waals surface area (Å²) in [7, 11) is 0. The lowest BCUT2D eigenvalue weighted by Crippen LogP contribution is -2.32. The molecule has 0 saturated carbocycles. The topological polar surface area (TPSA) is 116 Å². The summed E-state index contributed by atoms with van der Waals surface area (Å²) in [6.45, 7) is 0.274. The molecule has 0 spiro atoms. The van der Waals surface area contributed by atoms with Crippen LogP contribution < -0.4 is 10.6 Å². The van der Waals surface area contributed by atoms with Crippen LogP contribution in [-0.4, -0.2) is 28.1 Å². The summed E-state index contributed by atoms with van der Waals surface area (Å²) in [5, 5.41) is 20.4. The summed E-state index contributed by atoms with van der Waals surface area (Å²) in [5.41, 5.74) is 0.624. The first-order chi connectivity index (χ1) is 16.5. The maximum absolute atomic E-state index is 13.1. The number of carboxylic acid groups (broad SMARTS) is 2. The van der Waals surface area contributed by atoms with Crippen molar-refractivity contribution in [1.82, 2.24) is 5.32 Å². The SMILES string of the molecule is O=C(Nc1cccc(C(F)(F)F)c1)C(NCc1ccc(F)cc1)c1ccccc1.O=C(O)C(=O)O. The van der Waals surface area contributed by atoms with Gasteiger partial charge in [0, 0.05) is 12.2 Å². The number of halogens is 4. The zero-order chi connectivity index (χ0) is 26.0. The van der Waals surface area contributed by atoms with Gasteiger partial charge < -0.3 is 15.5 Å². The van der Waals surface area contributed by atoms with Gasteiger partial charge in [-0.15, -0.1) is 0 Å². The quantitative estimate of drug-likeness (QED) is 0.298. The Morgan fingerprint density at radius 3 is 1.97 bits per heavy atom. The fraction of sp³-hybridized carbons (Fsp3) is 0.125. The molecule has 7 nitrogen and oxygen atoms in total. The number of rotatable bonds is 6. The molecule has 0 fully saturated rings. The predicted molar refractivity (Wildman–Crippen MR) is 118 cm³/mol. The number of carbonyl (C=O) groups excluding carboxylic acids is 1. The van der Waals surface area contributed by atoms with Crippen LogP contribution in [0.3, 0.4) is 0 Å². The molecule has 1 atom stereocenters. The molecular weight excluding hydrogens is 472 g/mol. The molecule has 35 heavy (non-hydrogen) atoms. The Hall–Kier alpha value is -4.25. The number of amides is 1. The average molecular weight is 492 g/mol. The molecule has 0 saturated heterocycles. The van der Waals surface area contributed by atoms with E-state index < -0.39 is 35.6 Å². The molecule has 1 unspecified atom stereocenters. The molecule has 0 radical (unpaired) electrons. The lowest BCUT2D eigenvalue weighted by atomic mass is 10.1. The number of benzene rings is 3. The van der Waals surface area contributed by atoms with E-state index in [1.165, 1.54) is 24.3 Å². The van der Waals surface area contributed by atoms with Crippen LogP contribution in [0, 0.1) is 5.82 Å². The standard InChI is InChI=1S/C22H18F4N2O.C2H2O4/c23-18-11-9-15(10-12-18)14-27-20(16-5-2-1-3-6-16)21(29)28-19-8-4-7-17(13-19)22(24,25)26;3-1(4)2(5)6/h1-13,20,27H,14H2,(H,28,29);(H,3,4)(H,5,6). The molecule has 0 aromatic heterocycles. The maximum atomic E-state index is 13.1. The van der Waals surface area contributed by atoms with E-state index in [0.717, 1.165) is 17.7 Å². The number of carbonyl (C=O) groups is 3. The first kappa shape index (κ1) is 27.0. The minimum Gasteiger partial charge on any atom is -0.473 e. The van der Waals surface area contributed by atoms with Gasteiger partial charge in [-0.1, -0.05) is 48.5 Å². The fourth-order valence-electron chi connectivity index (χ4n) is 2.82. The van der Waals surface area contributed by atoms with Gasteiger partial charge in [0.05, 0.1) is 5.56 Å². The van der Waals surface area contributed by atoms with E-state index in [0.29, 0.717) is 5.56 Å². The minimum atomic E-state index is -4.50. The van der Waals surface area contributed by atoms with E-state index in [2.05, 4.69) is 10.6 Å². The van der Waals surface area contributed by atoms with Crippen molar-refractivity contribution < 1.29 is 42.2 Å². The van der Waals surface area contributed by atoms with Crippen LogP contribution in [0.2, 0.25) is 0 Å². The number of aliphatic carboxylic acids is 2. The molecule has 0 aliphatic rings. The second-order valence-electron chi connectivity index (χ2n) is 7.03. The van der Waals surface area contributed by atoms with Crippen molar-refractivity contribution in [2.45, 2.75) is 18.8 Å². The third-order valence-corrected chi connectivity index (χ3v) is 4.46. The largest absolute Gasteiger partial charge is 0.473 e. The lowest BCUT2D eigenvalue weighted by molar-refractivity contribution is -0.159. The summed E-state index contributed by atoms with van der Waals surface area (Å²) < 4.78 is 51.8. The zero-order valence-corrected chi connectivity index (χ0v) is 17.9. The number of nitrogens with one attached hydrogen (secondary N) is 2. The highest BCUT2D eigenvalue weighted by atomic mass is 19.4. The van der Waals surface area contributed by atoms with Gasteiger partial charge in [-0.05, 0) is 41.5 Å². The number of hydrogen-bond acceptors (Lipinski definition) is 4. The van der Waals surface area contributed by atoms with Crippen molar-refractivity contribution in [3.63, 3.8) is 0 Å². The van der Waals surface area contributed by atoms with Crippen LogP contribution in [0.1, 0.15) is 22.7 Å². The van der Waals surface area contributed by atoms with Gasteiger partial charge >= 0.3 is 18.1 Å². The third-order valence-electron chi connectivity index (χ3n) is 4.46. The van der Waals surface area contributed by atoms with Crippen LogP contribution >= 0.6 is 0 Å². The van der Waals surface area contributed by atoms with E-state index in [9.17, 15) is 22.4 Å². The summed E-state index contributed by atoms with van der Waals surface area (Å²) in [6, 6.07) is 18.3. The Labute approximate surface area is 197 Å². The maximum Gasteiger partial charge on any atom is 0.416 e. The van der Waals surface area contributed by atoms with Crippen LogP contribution in [0.15, 0.2) is 78.9 Å². The van der Waals surface area contributed by atoms with Gasteiger partial charge in [-0.2, -0.15) is 13.2 Å². The Balaban J connectivity index is 0.000000641. The molecular formula is C24H20F4N2O5. The number of hydrogen-bond donors (Lipinski definition) is 4. The van der Waals surface area contributed by atoms with E-state index in [1.54, 1.807) is 42.5 Å². The van der Waals surface area contributed by atoms with Crippen molar-refractivity contribution in [2.75, 3.05) is 5.32 Å². The van der Waals surface area contributed by atoms with Gasteiger partial charge in [0.15, 0.2) is 0 Å². The fourth-order valence-corrected chi connectivity index (χ4v) is 2.82. The highest BCUT2D eigenvalue weighted by Gasteiger charge is 2.30. The summed E-state index contributed by atoms with van der Waals surface area (Å²) >= 11 is 0. The molecule has 184 valence electrons. The number of alkyl halides is 3. The Morgan fingerprint density at radius 1 is 0.829 bits per heavy atom. The molecule has 3 rings (SSSR count). The van der Waals surface area contributed by atoms with Crippen LogP contribution in [-0.2, 0) is 27.1 Å². The predicted octanol–water partition coefficient (Wildman–Crippen LogP) is 4.47. The molecule has 0 aliphatic carbocycles. The second-order valence-corrected chi connectivity index (χ2v) is 7.03. The Bertz CT molecular complexity index is 1140. The average Bonchev–Trinajstić information content (AvgIpc) is 2.81. The lowest BCUT2D eigenvalue weighted by Gasteiger charge is -2.19. The van der Waals surface area contributed by atoms with Crippen molar-refractivity contribution in [3.05, 3.63) is 101 Å². The molecule has 1 amide bonds. The van der Waals surface area contributed by atoms with E-state index in [4.69, 9.17) is 19.8 Å². The highest BCUT2D eigenvalue weighted by molar-refractivity contribution is 6.27. The van der Waals surface area contributed by atoms with Crippen LogP contribution in [0.25, 0.3) is 0 Å². The van der Waals surface area contributed by atoms with E-state index in [1.807, 2.05) is 0 Å². The monoisotopic (exact) mass is 492 g/mol. The first-order valence-electron chi connectivity index (χ1n) is 9.94.